The van der Waals surface area contributed by atoms with E-state index in [1.807, 2.05) is 18.9 Å². The van der Waals surface area contributed by atoms with Crippen molar-refractivity contribution in [3.63, 3.8) is 0 Å². The Labute approximate surface area is 101 Å². The van der Waals surface area contributed by atoms with Crippen molar-refractivity contribution in [1.82, 2.24) is 4.90 Å². The number of carboxylic acid groups (broad SMARTS) is 1. The number of rotatable bonds is 6. The fourth-order valence-electron chi connectivity index (χ4n) is 1.68. The van der Waals surface area contributed by atoms with Crippen LogP contribution >= 0.6 is 0 Å². The van der Waals surface area contributed by atoms with E-state index in [1.165, 1.54) is 12.1 Å². The standard InChI is InChI=1S/C13H18FNO2/c1-10-5-6-12(14)8-11(10)9-15(2)7-3-4-13(16)17/h5-6,8H,3-4,7,9H2,1-2H3,(H,16,17). The highest BCUT2D eigenvalue weighted by Gasteiger charge is 2.05. The molecule has 4 heteroatoms. The normalized spacial score (nSPS) is 10.8. The van der Waals surface area contributed by atoms with Crippen LogP contribution in [0.2, 0.25) is 0 Å². The minimum atomic E-state index is -0.777. The number of hydrogen-bond donors (Lipinski definition) is 1. The second-order valence-corrected chi connectivity index (χ2v) is 4.31. The average Bonchev–Trinajstić information content (AvgIpc) is 2.23. The smallest absolute Gasteiger partial charge is 0.303 e. The molecule has 0 heterocycles. The lowest BCUT2D eigenvalue weighted by Crippen LogP contribution is -2.20. The summed E-state index contributed by atoms with van der Waals surface area (Å²) in [6.45, 7) is 3.28. The molecule has 0 radical (unpaired) electrons. The van der Waals surface area contributed by atoms with Gasteiger partial charge in [-0.05, 0) is 50.2 Å². The highest BCUT2D eigenvalue weighted by Crippen LogP contribution is 2.12. The molecule has 0 spiro atoms. The van der Waals surface area contributed by atoms with E-state index in [0.717, 1.165) is 11.1 Å². The fourth-order valence-corrected chi connectivity index (χ4v) is 1.68. The first-order valence-electron chi connectivity index (χ1n) is 5.64. The molecule has 1 rings (SSSR count). The highest BCUT2D eigenvalue weighted by molar-refractivity contribution is 5.66. The van der Waals surface area contributed by atoms with Gasteiger partial charge in [-0.1, -0.05) is 6.07 Å². The van der Waals surface area contributed by atoms with Gasteiger partial charge in [-0.25, -0.2) is 4.39 Å². The Bertz CT molecular complexity index is 393. The van der Waals surface area contributed by atoms with E-state index in [4.69, 9.17) is 5.11 Å². The number of hydrogen-bond acceptors (Lipinski definition) is 2. The van der Waals surface area contributed by atoms with Crippen molar-refractivity contribution in [2.45, 2.75) is 26.3 Å². The summed E-state index contributed by atoms with van der Waals surface area (Å²) in [7, 11) is 1.91. The third kappa shape index (κ3) is 4.95. The van der Waals surface area contributed by atoms with Crippen molar-refractivity contribution < 1.29 is 14.3 Å². The van der Waals surface area contributed by atoms with Crippen molar-refractivity contribution in [2.75, 3.05) is 13.6 Å². The summed E-state index contributed by atoms with van der Waals surface area (Å²) in [5.41, 5.74) is 2.00. The van der Waals surface area contributed by atoms with Crippen LogP contribution in [0.1, 0.15) is 24.0 Å². The largest absolute Gasteiger partial charge is 0.481 e. The molecule has 0 bridgehead atoms. The summed E-state index contributed by atoms with van der Waals surface area (Å²) >= 11 is 0. The third-order valence-corrected chi connectivity index (χ3v) is 2.68. The van der Waals surface area contributed by atoms with E-state index in [-0.39, 0.29) is 12.2 Å². The number of benzene rings is 1. The molecule has 0 fully saturated rings. The van der Waals surface area contributed by atoms with Crippen LogP contribution in [0.3, 0.4) is 0 Å². The summed E-state index contributed by atoms with van der Waals surface area (Å²) in [5, 5.41) is 8.53. The SMILES string of the molecule is Cc1ccc(F)cc1CN(C)CCCC(=O)O. The molecule has 17 heavy (non-hydrogen) atoms. The second kappa shape index (κ2) is 6.35. The monoisotopic (exact) mass is 239 g/mol. The minimum Gasteiger partial charge on any atom is -0.481 e. The van der Waals surface area contributed by atoms with Gasteiger partial charge in [-0.15, -0.1) is 0 Å². The molecule has 1 N–H and O–H groups in total. The lowest BCUT2D eigenvalue weighted by molar-refractivity contribution is -0.137. The maximum atomic E-state index is 13.1. The summed E-state index contributed by atoms with van der Waals surface area (Å²) in [5.74, 6) is -1.01. The molecule has 1 aromatic carbocycles. The van der Waals surface area contributed by atoms with Crippen LogP contribution < -0.4 is 0 Å². The highest BCUT2D eigenvalue weighted by atomic mass is 19.1. The van der Waals surface area contributed by atoms with Crippen LogP contribution in [0, 0.1) is 12.7 Å². The molecular weight excluding hydrogens is 221 g/mol. The van der Waals surface area contributed by atoms with Gasteiger partial charge in [0.15, 0.2) is 0 Å². The summed E-state index contributed by atoms with van der Waals surface area (Å²) in [6, 6.07) is 4.74. The number of nitrogens with zero attached hydrogens (tertiary/aromatic N) is 1. The molecular formula is C13H18FNO2. The van der Waals surface area contributed by atoms with Gasteiger partial charge in [0.2, 0.25) is 0 Å². The number of aryl methyl sites for hydroxylation is 1. The molecule has 0 unspecified atom stereocenters. The second-order valence-electron chi connectivity index (χ2n) is 4.31. The van der Waals surface area contributed by atoms with Gasteiger partial charge in [0, 0.05) is 13.0 Å². The van der Waals surface area contributed by atoms with Crippen LogP contribution in [0.5, 0.6) is 0 Å². The van der Waals surface area contributed by atoms with Gasteiger partial charge in [-0.3, -0.25) is 4.79 Å². The summed E-state index contributed by atoms with van der Waals surface area (Å²) in [6.07, 6.45) is 0.784. The first-order chi connectivity index (χ1) is 7.99. The summed E-state index contributed by atoms with van der Waals surface area (Å²) < 4.78 is 13.1. The molecule has 0 aliphatic carbocycles. The Hall–Kier alpha value is -1.42. The molecule has 0 aliphatic heterocycles. The van der Waals surface area contributed by atoms with Crippen LogP contribution in [0.4, 0.5) is 4.39 Å². The summed E-state index contributed by atoms with van der Waals surface area (Å²) in [4.78, 5) is 12.4. The number of carbonyl (C=O) groups is 1. The van der Waals surface area contributed by atoms with Crippen LogP contribution in [0.15, 0.2) is 18.2 Å². The van der Waals surface area contributed by atoms with Gasteiger partial charge in [0.25, 0.3) is 0 Å². The molecule has 3 nitrogen and oxygen atoms in total. The zero-order valence-corrected chi connectivity index (χ0v) is 10.2. The van der Waals surface area contributed by atoms with Gasteiger partial charge >= 0.3 is 5.97 Å². The van der Waals surface area contributed by atoms with E-state index in [1.54, 1.807) is 6.07 Å². The molecule has 0 saturated heterocycles. The molecule has 1 aromatic rings. The van der Waals surface area contributed by atoms with E-state index in [9.17, 15) is 9.18 Å². The Morgan fingerprint density at radius 1 is 1.47 bits per heavy atom. The molecule has 0 amide bonds. The quantitative estimate of drug-likeness (QED) is 0.828. The molecule has 94 valence electrons. The predicted octanol–water partition coefficient (Wildman–Crippen LogP) is 2.43. The van der Waals surface area contributed by atoms with Crippen molar-refractivity contribution in [1.29, 1.82) is 0 Å². The molecule has 0 aliphatic rings. The van der Waals surface area contributed by atoms with Crippen molar-refractivity contribution >= 4 is 5.97 Å². The number of aliphatic carboxylic acids is 1. The van der Waals surface area contributed by atoms with E-state index < -0.39 is 5.97 Å². The molecule has 0 aromatic heterocycles. The van der Waals surface area contributed by atoms with Crippen LogP contribution in [-0.2, 0) is 11.3 Å². The molecule has 0 saturated carbocycles. The maximum Gasteiger partial charge on any atom is 0.303 e. The van der Waals surface area contributed by atoms with Gasteiger partial charge < -0.3 is 10.0 Å². The van der Waals surface area contributed by atoms with Crippen molar-refractivity contribution in [2.24, 2.45) is 0 Å². The lowest BCUT2D eigenvalue weighted by atomic mass is 10.1. The number of halogens is 1. The Morgan fingerprint density at radius 3 is 2.82 bits per heavy atom. The van der Waals surface area contributed by atoms with Crippen molar-refractivity contribution in [3.8, 4) is 0 Å². The van der Waals surface area contributed by atoms with E-state index >= 15 is 0 Å². The van der Waals surface area contributed by atoms with E-state index in [0.29, 0.717) is 19.5 Å². The first kappa shape index (κ1) is 13.6. The Morgan fingerprint density at radius 2 is 2.18 bits per heavy atom. The Kier molecular flexibility index (Phi) is 5.10. The zero-order chi connectivity index (χ0) is 12.8. The first-order valence-corrected chi connectivity index (χ1v) is 5.64. The fraction of sp³-hybridized carbons (Fsp3) is 0.462. The zero-order valence-electron chi connectivity index (χ0n) is 10.2. The topological polar surface area (TPSA) is 40.5 Å². The average molecular weight is 239 g/mol. The third-order valence-electron chi connectivity index (χ3n) is 2.68. The number of carboxylic acids is 1. The minimum absolute atomic E-state index is 0.173. The lowest BCUT2D eigenvalue weighted by Gasteiger charge is -2.17. The maximum absolute atomic E-state index is 13.1. The molecule has 0 atom stereocenters. The predicted molar refractivity (Wildman–Crippen MR) is 64.3 cm³/mol. The van der Waals surface area contributed by atoms with Gasteiger partial charge in [-0.2, -0.15) is 0 Å². The van der Waals surface area contributed by atoms with Gasteiger partial charge in [0.05, 0.1) is 0 Å². The van der Waals surface area contributed by atoms with Gasteiger partial charge in [0.1, 0.15) is 5.82 Å². The Balaban J connectivity index is 2.47. The van der Waals surface area contributed by atoms with Crippen molar-refractivity contribution in [3.05, 3.63) is 35.1 Å². The van der Waals surface area contributed by atoms with Crippen LogP contribution in [0.25, 0.3) is 0 Å². The van der Waals surface area contributed by atoms with Crippen LogP contribution in [-0.4, -0.2) is 29.6 Å². The van der Waals surface area contributed by atoms with E-state index in [2.05, 4.69) is 0 Å².